The zero-order valence-corrected chi connectivity index (χ0v) is 13.6. The third kappa shape index (κ3) is 5.01. The molecule has 1 N–H and O–H groups in total. The summed E-state index contributed by atoms with van der Waals surface area (Å²) in [5.41, 5.74) is 0. The van der Waals surface area contributed by atoms with E-state index in [1.54, 1.807) is 0 Å². The molecule has 1 saturated carbocycles. The van der Waals surface area contributed by atoms with Gasteiger partial charge in [0.2, 0.25) is 0 Å². The van der Waals surface area contributed by atoms with Crippen LogP contribution in [0.4, 0.5) is 0 Å². The largest absolute Gasteiger partial charge is 0.377 e. The summed E-state index contributed by atoms with van der Waals surface area (Å²) in [7, 11) is 0. The second-order valence-electron chi connectivity index (χ2n) is 6.60. The number of ether oxygens (including phenoxy) is 1. The first-order valence-corrected chi connectivity index (χ1v) is 8.90. The van der Waals surface area contributed by atoms with Gasteiger partial charge in [-0.3, -0.25) is 4.90 Å². The molecule has 0 aromatic rings. The van der Waals surface area contributed by atoms with Gasteiger partial charge in [-0.05, 0) is 51.1 Å². The van der Waals surface area contributed by atoms with Gasteiger partial charge in [0.1, 0.15) is 0 Å². The highest BCUT2D eigenvalue weighted by Gasteiger charge is 2.28. The number of nitrogens with zero attached hydrogens (tertiary/aromatic N) is 1. The summed E-state index contributed by atoms with van der Waals surface area (Å²) in [6.45, 7) is 10.1. The van der Waals surface area contributed by atoms with Crippen molar-refractivity contribution in [2.45, 2.75) is 70.9 Å². The molecule has 3 heteroatoms. The second-order valence-corrected chi connectivity index (χ2v) is 6.60. The molecule has 0 aromatic carbocycles. The van der Waals surface area contributed by atoms with Gasteiger partial charge < -0.3 is 10.1 Å². The first kappa shape index (κ1) is 16.3. The smallest absolute Gasteiger partial charge is 0.0702 e. The van der Waals surface area contributed by atoms with Crippen LogP contribution in [0.1, 0.15) is 58.8 Å². The van der Waals surface area contributed by atoms with E-state index in [-0.39, 0.29) is 0 Å². The highest BCUT2D eigenvalue weighted by molar-refractivity contribution is 4.85. The van der Waals surface area contributed by atoms with Crippen LogP contribution in [0.3, 0.4) is 0 Å². The Labute approximate surface area is 125 Å². The number of likely N-dealkylation sites (tertiary alicyclic amines) is 1. The van der Waals surface area contributed by atoms with Gasteiger partial charge in [-0.25, -0.2) is 0 Å². The molecule has 2 atom stereocenters. The van der Waals surface area contributed by atoms with E-state index in [4.69, 9.17) is 4.74 Å². The van der Waals surface area contributed by atoms with Crippen molar-refractivity contribution in [3.05, 3.63) is 0 Å². The fourth-order valence-electron chi connectivity index (χ4n) is 3.88. The van der Waals surface area contributed by atoms with E-state index in [0.717, 1.165) is 32.0 Å². The van der Waals surface area contributed by atoms with Gasteiger partial charge in [0, 0.05) is 25.7 Å². The minimum absolute atomic E-state index is 0.481. The van der Waals surface area contributed by atoms with Crippen molar-refractivity contribution in [1.82, 2.24) is 10.2 Å². The summed E-state index contributed by atoms with van der Waals surface area (Å²) >= 11 is 0. The molecule has 0 amide bonds. The maximum absolute atomic E-state index is 5.97. The van der Waals surface area contributed by atoms with Gasteiger partial charge in [0.25, 0.3) is 0 Å². The highest BCUT2D eigenvalue weighted by atomic mass is 16.5. The topological polar surface area (TPSA) is 24.5 Å². The molecule has 1 heterocycles. The van der Waals surface area contributed by atoms with E-state index in [9.17, 15) is 0 Å². The summed E-state index contributed by atoms with van der Waals surface area (Å²) in [4.78, 5) is 2.65. The Morgan fingerprint density at radius 1 is 1.15 bits per heavy atom. The fraction of sp³-hybridized carbons (Fsp3) is 1.00. The fourth-order valence-corrected chi connectivity index (χ4v) is 3.88. The SMILES string of the molecule is CCCOC1CCCN(CC(NCC)C2CCCC2)C1. The molecule has 1 aliphatic carbocycles. The number of hydrogen-bond acceptors (Lipinski definition) is 3. The molecule has 0 radical (unpaired) electrons. The second kappa shape index (κ2) is 9.01. The van der Waals surface area contributed by atoms with Crippen molar-refractivity contribution in [2.24, 2.45) is 5.92 Å². The lowest BCUT2D eigenvalue weighted by atomic mass is 9.96. The van der Waals surface area contributed by atoms with Crippen LogP contribution < -0.4 is 5.32 Å². The Kier molecular flexibility index (Phi) is 7.32. The van der Waals surface area contributed by atoms with Gasteiger partial charge in [0.15, 0.2) is 0 Å². The van der Waals surface area contributed by atoms with Crippen molar-refractivity contribution >= 4 is 0 Å². The number of likely N-dealkylation sites (N-methyl/N-ethyl adjacent to an activating group) is 1. The Bertz CT molecular complexity index is 253. The molecule has 2 unspecified atom stereocenters. The lowest BCUT2D eigenvalue weighted by Crippen LogP contribution is -2.49. The molecule has 1 saturated heterocycles. The van der Waals surface area contributed by atoms with E-state index in [1.165, 1.54) is 51.6 Å². The van der Waals surface area contributed by atoms with Crippen LogP contribution >= 0.6 is 0 Å². The summed E-state index contributed by atoms with van der Waals surface area (Å²) in [6.07, 6.45) is 9.92. The van der Waals surface area contributed by atoms with Crippen molar-refractivity contribution in [3.8, 4) is 0 Å². The number of rotatable bonds is 8. The summed E-state index contributed by atoms with van der Waals surface area (Å²) in [5.74, 6) is 0.909. The summed E-state index contributed by atoms with van der Waals surface area (Å²) in [5, 5.41) is 3.75. The predicted molar refractivity (Wildman–Crippen MR) is 85.1 cm³/mol. The molecule has 3 nitrogen and oxygen atoms in total. The lowest BCUT2D eigenvalue weighted by Gasteiger charge is -2.36. The first-order valence-electron chi connectivity index (χ1n) is 8.90. The average Bonchev–Trinajstić information content (AvgIpc) is 2.99. The van der Waals surface area contributed by atoms with Crippen molar-refractivity contribution in [2.75, 3.05) is 32.8 Å². The maximum atomic E-state index is 5.97. The maximum Gasteiger partial charge on any atom is 0.0702 e. The standard InChI is InChI=1S/C17H34N2O/c1-3-12-20-16-10-7-11-19(13-16)14-17(18-4-2)15-8-5-6-9-15/h15-18H,3-14H2,1-2H3. The van der Waals surface area contributed by atoms with Crippen LogP contribution in [0.25, 0.3) is 0 Å². The van der Waals surface area contributed by atoms with Crippen LogP contribution in [-0.4, -0.2) is 49.8 Å². The number of piperidine rings is 1. The number of nitrogens with one attached hydrogen (secondary N) is 1. The van der Waals surface area contributed by atoms with Gasteiger partial charge >= 0.3 is 0 Å². The third-order valence-corrected chi connectivity index (χ3v) is 4.91. The van der Waals surface area contributed by atoms with Crippen LogP contribution in [0.5, 0.6) is 0 Å². The van der Waals surface area contributed by atoms with E-state index in [0.29, 0.717) is 12.1 Å². The van der Waals surface area contributed by atoms with E-state index >= 15 is 0 Å². The molecule has 0 bridgehead atoms. The zero-order chi connectivity index (χ0) is 14.2. The van der Waals surface area contributed by atoms with Crippen LogP contribution in [0, 0.1) is 5.92 Å². The Morgan fingerprint density at radius 2 is 1.95 bits per heavy atom. The first-order chi connectivity index (χ1) is 9.83. The van der Waals surface area contributed by atoms with E-state index in [1.807, 2.05) is 0 Å². The minimum Gasteiger partial charge on any atom is -0.377 e. The average molecular weight is 282 g/mol. The van der Waals surface area contributed by atoms with Crippen molar-refractivity contribution in [1.29, 1.82) is 0 Å². The molecule has 0 aromatic heterocycles. The monoisotopic (exact) mass is 282 g/mol. The molecule has 2 aliphatic rings. The Morgan fingerprint density at radius 3 is 2.65 bits per heavy atom. The van der Waals surface area contributed by atoms with Crippen LogP contribution in [0.2, 0.25) is 0 Å². The highest BCUT2D eigenvalue weighted by Crippen LogP contribution is 2.28. The van der Waals surface area contributed by atoms with Gasteiger partial charge in [-0.15, -0.1) is 0 Å². The normalized spacial score (nSPS) is 27.0. The molecule has 118 valence electrons. The zero-order valence-electron chi connectivity index (χ0n) is 13.6. The quantitative estimate of drug-likeness (QED) is 0.740. The summed E-state index contributed by atoms with van der Waals surface area (Å²) in [6, 6.07) is 0.701. The number of hydrogen-bond donors (Lipinski definition) is 1. The van der Waals surface area contributed by atoms with Crippen molar-refractivity contribution < 1.29 is 4.74 Å². The molecule has 0 spiro atoms. The molecular weight excluding hydrogens is 248 g/mol. The van der Waals surface area contributed by atoms with Gasteiger partial charge in [-0.2, -0.15) is 0 Å². The molecule has 20 heavy (non-hydrogen) atoms. The van der Waals surface area contributed by atoms with Crippen LogP contribution in [0.15, 0.2) is 0 Å². The van der Waals surface area contributed by atoms with Crippen molar-refractivity contribution in [3.63, 3.8) is 0 Å². The minimum atomic E-state index is 0.481. The molecule has 2 fully saturated rings. The molecule has 1 aliphatic heterocycles. The van der Waals surface area contributed by atoms with E-state index < -0.39 is 0 Å². The Hall–Kier alpha value is -0.120. The predicted octanol–water partition coefficient (Wildman–Crippen LogP) is 3.05. The van der Waals surface area contributed by atoms with Gasteiger partial charge in [0.05, 0.1) is 6.10 Å². The lowest BCUT2D eigenvalue weighted by molar-refractivity contribution is -0.00385. The van der Waals surface area contributed by atoms with E-state index in [2.05, 4.69) is 24.1 Å². The summed E-state index contributed by atoms with van der Waals surface area (Å²) < 4.78 is 5.97. The van der Waals surface area contributed by atoms with Crippen LogP contribution in [-0.2, 0) is 4.74 Å². The molecule has 2 rings (SSSR count). The Balaban J connectivity index is 1.79. The third-order valence-electron chi connectivity index (χ3n) is 4.91. The van der Waals surface area contributed by atoms with Gasteiger partial charge in [-0.1, -0.05) is 26.7 Å². The molecular formula is C17H34N2O.